The Bertz CT molecular complexity index is 554. The van der Waals surface area contributed by atoms with Crippen molar-refractivity contribution in [3.05, 3.63) is 23.8 Å². The van der Waals surface area contributed by atoms with Crippen molar-refractivity contribution in [3.63, 3.8) is 0 Å². The van der Waals surface area contributed by atoms with Gasteiger partial charge in [-0.25, -0.2) is 0 Å². The van der Waals surface area contributed by atoms with Crippen molar-refractivity contribution >= 4 is 5.91 Å². The number of amides is 1. The lowest BCUT2D eigenvalue weighted by Gasteiger charge is -2.34. The Kier molecular flexibility index (Phi) is 7.56. The second-order valence-corrected chi connectivity index (χ2v) is 7.05. The number of methoxy groups -OCH3 is 1. The Morgan fingerprint density at radius 3 is 2.60 bits per heavy atom. The smallest absolute Gasteiger partial charge is 0.254 e. The van der Waals surface area contributed by atoms with Crippen LogP contribution in [0.1, 0.15) is 50.4 Å². The molecule has 1 saturated heterocycles. The Morgan fingerprint density at radius 1 is 1.28 bits per heavy atom. The number of hydrogen-bond acceptors (Lipinski definition) is 4. The standard InChI is InChI=1S/C20H32N2O3/c1-5-12-22(17-8-10-21-11-9-17)20(23)16-6-7-18(19(13-16)24-4)25-14-15(2)3/h6-7,13,15,17,21H,5,8-12,14H2,1-4H3. The minimum Gasteiger partial charge on any atom is -0.493 e. The third-order valence-electron chi connectivity index (χ3n) is 4.46. The minimum absolute atomic E-state index is 0.0856. The molecule has 1 aliphatic rings. The average molecular weight is 348 g/mol. The molecule has 0 aliphatic carbocycles. The number of nitrogens with zero attached hydrogens (tertiary/aromatic N) is 1. The second-order valence-electron chi connectivity index (χ2n) is 7.05. The Hall–Kier alpha value is -1.75. The summed E-state index contributed by atoms with van der Waals surface area (Å²) in [5, 5.41) is 3.36. The summed E-state index contributed by atoms with van der Waals surface area (Å²) in [6.45, 7) is 9.69. The molecule has 1 aromatic carbocycles. The first-order valence-electron chi connectivity index (χ1n) is 9.39. The predicted octanol–water partition coefficient (Wildman–Crippen LogP) is 3.33. The normalized spacial score (nSPS) is 15.2. The minimum atomic E-state index is 0.0856. The van der Waals surface area contributed by atoms with E-state index >= 15 is 0 Å². The monoisotopic (exact) mass is 348 g/mol. The highest BCUT2D eigenvalue weighted by Crippen LogP contribution is 2.29. The number of carbonyl (C=O) groups is 1. The van der Waals surface area contributed by atoms with Crippen LogP contribution in [0.4, 0.5) is 0 Å². The van der Waals surface area contributed by atoms with Gasteiger partial charge in [-0.15, -0.1) is 0 Å². The molecular formula is C20H32N2O3. The van der Waals surface area contributed by atoms with Gasteiger partial charge in [0.2, 0.25) is 0 Å². The number of piperidine rings is 1. The van der Waals surface area contributed by atoms with E-state index in [0.29, 0.717) is 35.6 Å². The third kappa shape index (κ3) is 5.36. The molecule has 1 N–H and O–H groups in total. The molecule has 0 saturated carbocycles. The van der Waals surface area contributed by atoms with Crippen molar-refractivity contribution in [2.75, 3.05) is 33.4 Å². The van der Waals surface area contributed by atoms with Crippen LogP contribution < -0.4 is 14.8 Å². The zero-order valence-corrected chi connectivity index (χ0v) is 16.0. The van der Waals surface area contributed by atoms with Crippen LogP contribution in [0.3, 0.4) is 0 Å². The van der Waals surface area contributed by atoms with E-state index in [0.717, 1.165) is 38.9 Å². The van der Waals surface area contributed by atoms with Gasteiger partial charge in [0.25, 0.3) is 5.91 Å². The maximum Gasteiger partial charge on any atom is 0.254 e. The van der Waals surface area contributed by atoms with Crippen LogP contribution in [-0.2, 0) is 0 Å². The van der Waals surface area contributed by atoms with Crippen LogP contribution in [0.2, 0.25) is 0 Å². The van der Waals surface area contributed by atoms with Gasteiger partial charge in [0.1, 0.15) is 0 Å². The van der Waals surface area contributed by atoms with Crippen LogP contribution in [-0.4, -0.2) is 50.2 Å². The molecule has 5 heteroatoms. The molecule has 0 bridgehead atoms. The topological polar surface area (TPSA) is 50.8 Å². The summed E-state index contributed by atoms with van der Waals surface area (Å²) in [5.74, 6) is 1.83. The molecule has 1 aliphatic heterocycles. The fourth-order valence-electron chi connectivity index (χ4n) is 3.15. The van der Waals surface area contributed by atoms with E-state index in [9.17, 15) is 4.79 Å². The lowest BCUT2D eigenvalue weighted by atomic mass is 10.0. The van der Waals surface area contributed by atoms with Gasteiger partial charge in [-0.1, -0.05) is 20.8 Å². The average Bonchev–Trinajstić information content (AvgIpc) is 2.64. The highest BCUT2D eigenvalue weighted by Gasteiger charge is 2.26. The molecule has 5 nitrogen and oxygen atoms in total. The fourth-order valence-corrected chi connectivity index (χ4v) is 3.15. The Labute approximate surface area is 151 Å². The number of benzene rings is 1. The molecule has 2 rings (SSSR count). The molecule has 0 unspecified atom stereocenters. The van der Waals surface area contributed by atoms with Crippen LogP contribution >= 0.6 is 0 Å². The van der Waals surface area contributed by atoms with Crippen molar-refractivity contribution in [2.45, 2.75) is 46.1 Å². The quantitative estimate of drug-likeness (QED) is 0.783. The lowest BCUT2D eigenvalue weighted by molar-refractivity contribution is 0.0642. The highest BCUT2D eigenvalue weighted by molar-refractivity contribution is 5.95. The van der Waals surface area contributed by atoms with E-state index < -0.39 is 0 Å². The molecule has 1 heterocycles. The first kappa shape index (κ1) is 19.6. The molecular weight excluding hydrogens is 316 g/mol. The Balaban J connectivity index is 2.17. The van der Waals surface area contributed by atoms with Crippen LogP contribution in [0.5, 0.6) is 11.5 Å². The first-order chi connectivity index (χ1) is 12.1. The second kappa shape index (κ2) is 9.66. The summed E-state index contributed by atoms with van der Waals surface area (Å²) in [7, 11) is 1.61. The lowest BCUT2D eigenvalue weighted by Crippen LogP contribution is -2.46. The maximum atomic E-state index is 13.1. The van der Waals surface area contributed by atoms with Crippen molar-refractivity contribution in [1.29, 1.82) is 0 Å². The predicted molar refractivity (Wildman–Crippen MR) is 101 cm³/mol. The van der Waals surface area contributed by atoms with Gasteiger partial charge in [-0.3, -0.25) is 4.79 Å². The number of nitrogens with one attached hydrogen (secondary N) is 1. The van der Waals surface area contributed by atoms with Gasteiger partial charge in [0, 0.05) is 18.2 Å². The molecule has 0 aromatic heterocycles. The zero-order chi connectivity index (χ0) is 18.2. The summed E-state index contributed by atoms with van der Waals surface area (Å²) in [6.07, 6.45) is 2.99. The van der Waals surface area contributed by atoms with E-state index in [4.69, 9.17) is 9.47 Å². The molecule has 0 radical (unpaired) electrons. The molecule has 0 atom stereocenters. The summed E-state index contributed by atoms with van der Waals surface area (Å²) in [5.41, 5.74) is 0.667. The molecule has 25 heavy (non-hydrogen) atoms. The van der Waals surface area contributed by atoms with E-state index in [-0.39, 0.29) is 5.91 Å². The van der Waals surface area contributed by atoms with Crippen LogP contribution in [0.25, 0.3) is 0 Å². The van der Waals surface area contributed by atoms with Crippen molar-refractivity contribution in [1.82, 2.24) is 10.2 Å². The number of ether oxygens (including phenoxy) is 2. The SMILES string of the molecule is CCCN(C(=O)c1ccc(OCC(C)C)c(OC)c1)C1CCNCC1. The third-order valence-corrected chi connectivity index (χ3v) is 4.46. The van der Waals surface area contributed by atoms with Crippen molar-refractivity contribution in [2.24, 2.45) is 5.92 Å². The summed E-state index contributed by atoms with van der Waals surface area (Å²) >= 11 is 0. The Morgan fingerprint density at radius 2 is 2.00 bits per heavy atom. The van der Waals surface area contributed by atoms with Gasteiger partial charge in [0.15, 0.2) is 11.5 Å². The van der Waals surface area contributed by atoms with Gasteiger partial charge < -0.3 is 19.7 Å². The van der Waals surface area contributed by atoms with Crippen molar-refractivity contribution in [3.8, 4) is 11.5 Å². The summed E-state index contributed by atoms with van der Waals surface area (Å²) in [4.78, 5) is 15.1. The summed E-state index contributed by atoms with van der Waals surface area (Å²) in [6, 6.07) is 5.82. The van der Waals surface area contributed by atoms with E-state index in [2.05, 4.69) is 26.1 Å². The molecule has 1 amide bonds. The van der Waals surface area contributed by atoms with Gasteiger partial charge in [-0.2, -0.15) is 0 Å². The fraction of sp³-hybridized carbons (Fsp3) is 0.650. The number of rotatable bonds is 8. The van der Waals surface area contributed by atoms with Crippen LogP contribution in [0, 0.1) is 5.92 Å². The van der Waals surface area contributed by atoms with Gasteiger partial charge >= 0.3 is 0 Å². The molecule has 1 aromatic rings. The zero-order valence-electron chi connectivity index (χ0n) is 16.0. The highest BCUT2D eigenvalue weighted by atomic mass is 16.5. The van der Waals surface area contributed by atoms with E-state index in [1.165, 1.54) is 0 Å². The molecule has 1 fully saturated rings. The number of carbonyl (C=O) groups excluding carboxylic acids is 1. The number of hydrogen-bond donors (Lipinski definition) is 1. The van der Waals surface area contributed by atoms with Gasteiger partial charge in [0.05, 0.1) is 13.7 Å². The van der Waals surface area contributed by atoms with E-state index in [1.807, 2.05) is 23.1 Å². The largest absolute Gasteiger partial charge is 0.493 e. The van der Waals surface area contributed by atoms with E-state index in [1.54, 1.807) is 7.11 Å². The maximum absolute atomic E-state index is 13.1. The van der Waals surface area contributed by atoms with Gasteiger partial charge in [-0.05, 0) is 56.5 Å². The first-order valence-corrected chi connectivity index (χ1v) is 9.39. The molecule has 0 spiro atoms. The van der Waals surface area contributed by atoms with Crippen molar-refractivity contribution < 1.29 is 14.3 Å². The summed E-state index contributed by atoms with van der Waals surface area (Å²) < 4.78 is 11.2. The molecule has 140 valence electrons. The van der Waals surface area contributed by atoms with Crippen LogP contribution in [0.15, 0.2) is 18.2 Å².